The molecule has 1 atom stereocenters. The Kier molecular flexibility index (Phi) is 7.53. The first-order valence-corrected chi connectivity index (χ1v) is 11.7. The largest absolute Gasteiger partial charge is 0.391 e. The molecule has 0 amide bonds. The average Bonchev–Trinajstić information content (AvgIpc) is 2.73. The number of hydrogen-bond donors (Lipinski definition) is 4. The Morgan fingerprint density at radius 1 is 0.967 bits per heavy atom. The third kappa shape index (κ3) is 6.33. The number of aliphatic hydroxyl groups excluding tert-OH is 1. The number of aromatic nitrogens is 1. The molecule has 4 N–H and O–H groups in total. The monoisotopic (exact) mass is 426 g/mol. The molecule has 3 aromatic rings. The number of nitrogens with one attached hydrogen (secondary N) is 1. The first-order valence-electron chi connectivity index (χ1n) is 9.93. The lowest BCUT2D eigenvalue weighted by Gasteiger charge is -2.14. The van der Waals surface area contributed by atoms with Crippen molar-refractivity contribution in [2.75, 3.05) is 12.7 Å². The summed E-state index contributed by atoms with van der Waals surface area (Å²) in [6, 6.07) is 22.4. The van der Waals surface area contributed by atoms with E-state index in [1.54, 1.807) is 0 Å². The van der Waals surface area contributed by atoms with Crippen molar-refractivity contribution in [2.45, 2.75) is 26.0 Å². The second-order valence-corrected chi connectivity index (χ2v) is 8.94. The zero-order chi connectivity index (χ0) is 21.6. The van der Waals surface area contributed by atoms with Crippen LogP contribution in [0.25, 0.3) is 22.4 Å². The lowest BCUT2D eigenvalue weighted by molar-refractivity contribution is 0.185. The van der Waals surface area contributed by atoms with Crippen molar-refractivity contribution in [3.63, 3.8) is 0 Å². The van der Waals surface area contributed by atoms with Crippen LogP contribution in [0.5, 0.6) is 0 Å². The predicted octanol–water partition coefficient (Wildman–Crippen LogP) is 3.61. The first-order chi connectivity index (χ1) is 14.4. The quantitative estimate of drug-likeness (QED) is 0.390. The molecule has 0 aliphatic heterocycles. The van der Waals surface area contributed by atoms with E-state index in [1.807, 2.05) is 42.5 Å². The van der Waals surface area contributed by atoms with Gasteiger partial charge in [0.15, 0.2) is 0 Å². The molecule has 158 valence electrons. The Morgan fingerprint density at radius 3 is 2.30 bits per heavy atom. The summed E-state index contributed by atoms with van der Waals surface area (Å²) in [6.07, 6.45) is -0.687. The summed E-state index contributed by atoms with van der Waals surface area (Å²) in [6.45, 7) is 2.59. The van der Waals surface area contributed by atoms with Crippen LogP contribution < -0.4 is 5.32 Å². The van der Waals surface area contributed by atoms with Crippen molar-refractivity contribution in [1.29, 1.82) is 0 Å². The molecule has 30 heavy (non-hydrogen) atoms. The van der Waals surface area contributed by atoms with Gasteiger partial charge in [-0.2, -0.15) is 0 Å². The van der Waals surface area contributed by atoms with Crippen LogP contribution in [-0.2, 0) is 17.5 Å². The third-order valence-corrected chi connectivity index (χ3v) is 5.71. The van der Waals surface area contributed by atoms with Crippen LogP contribution in [0.15, 0.2) is 66.7 Å². The van der Waals surface area contributed by atoms with E-state index in [-0.39, 0.29) is 6.54 Å². The minimum atomic E-state index is -4.23. The van der Waals surface area contributed by atoms with E-state index in [1.165, 1.54) is 5.56 Å². The van der Waals surface area contributed by atoms with Gasteiger partial charge in [-0.3, -0.25) is 9.55 Å². The lowest BCUT2D eigenvalue weighted by Crippen LogP contribution is -2.29. The lowest BCUT2D eigenvalue weighted by atomic mass is 9.97. The zero-order valence-electron chi connectivity index (χ0n) is 16.9. The van der Waals surface area contributed by atoms with Gasteiger partial charge in [-0.1, -0.05) is 67.6 Å². The molecule has 6 nitrogen and oxygen atoms in total. The van der Waals surface area contributed by atoms with Crippen molar-refractivity contribution in [1.82, 2.24) is 10.3 Å². The number of benzene rings is 2. The van der Waals surface area contributed by atoms with Gasteiger partial charge in [0.05, 0.1) is 23.7 Å². The van der Waals surface area contributed by atoms with E-state index in [0.29, 0.717) is 6.54 Å². The average molecular weight is 426 g/mol. The summed E-state index contributed by atoms with van der Waals surface area (Å²) in [5.41, 5.74) is 6.07. The van der Waals surface area contributed by atoms with Crippen LogP contribution in [-0.4, -0.2) is 38.7 Å². The van der Waals surface area contributed by atoms with Crippen LogP contribution in [0.4, 0.5) is 0 Å². The Balaban J connectivity index is 1.82. The molecule has 0 aliphatic rings. The fourth-order valence-corrected chi connectivity index (χ4v) is 3.95. The Hall–Kier alpha value is -2.34. The predicted molar refractivity (Wildman–Crippen MR) is 119 cm³/mol. The van der Waals surface area contributed by atoms with Gasteiger partial charge >= 0.3 is 7.60 Å². The number of aliphatic hydroxyl groups is 1. The first kappa shape index (κ1) is 22.3. The fraction of sp³-hybridized carbons (Fsp3) is 0.261. The number of pyridine rings is 1. The molecule has 0 fully saturated rings. The van der Waals surface area contributed by atoms with Crippen molar-refractivity contribution >= 4 is 7.60 Å². The van der Waals surface area contributed by atoms with Gasteiger partial charge in [-0.15, -0.1) is 0 Å². The minimum Gasteiger partial charge on any atom is -0.391 e. The molecule has 0 aliphatic carbocycles. The maximum Gasteiger partial charge on any atom is 0.328 e. The summed E-state index contributed by atoms with van der Waals surface area (Å²) < 4.78 is 11.0. The van der Waals surface area contributed by atoms with Gasteiger partial charge in [-0.05, 0) is 23.6 Å². The van der Waals surface area contributed by atoms with Gasteiger partial charge in [0, 0.05) is 24.2 Å². The molecule has 0 radical (unpaired) electrons. The fourth-order valence-electron chi connectivity index (χ4n) is 3.27. The maximum atomic E-state index is 11.0. The Bertz CT molecular complexity index is 1000. The SMILES string of the molecule is CCc1ccc(-c2ccc(CNCC(O)CP(=O)(O)O)nc2-c2ccccc2)cc1. The molecule has 7 heteroatoms. The number of hydrogen-bond acceptors (Lipinski definition) is 4. The molecule has 1 aromatic heterocycles. The van der Waals surface area contributed by atoms with Crippen molar-refractivity contribution in [3.8, 4) is 22.4 Å². The topological polar surface area (TPSA) is 103 Å². The summed E-state index contributed by atoms with van der Waals surface area (Å²) >= 11 is 0. The number of nitrogens with zero attached hydrogens (tertiary/aromatic N) is 1. The van der Waals surface area contributed by atoms with Crippen molar-refractivity contribution in [2.24, 2.45) is 0 Å². The molecule has 0 saturated heterocycles. The summed E-state index contributed by atoms with van der Waals surface area (Å²) in [7, 11) is -4.23. The summed E-state index contributed by atoms with van der Waals surface area (Å²) in [5.74, 6) is 0. The van der Waals surface area contributed by atoms with Gasteiger partial charge < -0.3 is 20.2 Å². The zero-order valence-corrected chi connectivity index (χ0v) is 17.8. The number of aryl methyl sites for hydroxylation is 1. The highest BCUT2D eigenvalue weighted by Gasteiger charge is 2.19. The highest BCUT2D eigenvalue weighted by atomic mass is 31.2. The smallest absolute Gasteiger partial charge is 0.328 e. The molecular weight excluding hydrogens is 399 g/mol. The summed E-state index contributed by atoms with van der Waals surface area (Å²) in [5, 5.41) is 12.8. The van der Waals surface area contributed by atoms with Crippen LogP contribution in [0.3, 0.4) is 0 Å². The normalized spacial score (nSPS) is 12.7. The molecule has 0 bridgehead atoms. The van der Waals surface area contributed by atoms with Crippen LogP contribution in [0.2, 0.25) is 0 Å². The van der Waals surface area contributed by atoms with Gasteiger partial charge in [0.25, 0.3) is 0 Å². The van der Waals surface area contributed by atoms with Crippen LogP contribution in [0, 0.1) is 0 Å². The molecule has 3 rings (SSSR count). The van der Waals surface area contributed by atoms with Crippen LogP contribution in [0.1, 0.15) is 18.2 Å². The third-order valence-electron chi connectivity index (χ3n) is 4.81. The van der Waals surface area contributed by atoms with E-state index < -0.39 is 19.9 Å². The minimum absolute atomic E-state index is 0.0771. The van der Waals surface area contributed by atoms with Gasteiger partial charge in [0.2, 0.25) is 0 Å². The highest BCUT2D eigenvalue weighted by molar-refractivity contribution is 7.51. The highest BCUT2D eigenvalue weighted by Crippen LogP contribution is 2.34. The molecule has 0 saturated carbocycles. The second-order valence-electron chi connectivity index (χ2n) is 7.25. The van der Waals surface area contributed by atoms with Gasteiger partial charge in [0.1, 0.15) is 0 Å². The van der Waals surface area contributed by atoms with E-state index in [9.17, 15) is 9.67 Å². The Morgan fingerprint density at radius 2 is 1.67 bits per heavy atom. The molecule has 2 aromatic carbocycles. The van der Waals surface area contributed by atoms with E-state index in [0.717, 1.165) is 34.5 Å². The standard InChI is InChI=1S/C23H27N2O4P/c1-2-17-8-10-18(11-9-17)22-13-12-20(14-24-15-21(26)16-30(27,28)29)25-23(22)19-6-4-3-5-7-19/h3-13,21,24,26H,2,14-16H2,1H3,(H2,27,28,29). The van der Waals surface area contributed by atoms with E-state index >= 15 is 0 Å². The van der Waals surface area contributed by atoms with Crippen molar-refractivity contribution < 1.29 is 19.5 Å². The Labute approximate surface area is 176 Å². The molecule has 1 unspecified atom stereocenters. The van der Waals surface area contributed by atoms with Crippen LogP contribution >= 0.6 is 7.60 Å². The van der Waals surface area contributed by atoms with E-state index in [4.69, 9.17) is 14.8 Å². The van der Waals surface area contributed by atoms with Gasteiger partial charge in [-0.25, -0.2) is 0 Å². The summed E-state index contributed by atoms with van der Waals surface area (Å²) in [4.78, 5) is 22.7. The molecule has 1 heterocycles. The van der Waals surface area contributed by atoms with E-state index in [2.05, 4.69) is 36.5 Å². The maximum absolute atomic E-state index is 11.0. The van der Waals surface area contributed by atoms with Crippen molar-refractivity contribution in [3.05, 3.63) is 78.0 Å². The number of rotatable bonds is 9. The molecular formula is C23H27N2O4P. The molecule has 0 spiro atoms. The second kappa shape index (κ2) is 10.1.